The van der Waals surface area contributed by atoms with Crippen LogP contribution < -0.4 is 10.0 Å². The van der Waals surface area contributed by atoms with Gasteiger partial charge in [0.05, 0.1) is 11.3 Å². The molecular formula is C20H30N2O4S. The van der Waals surface area contributed by atoms with E-state index in [4.69, 9.17) is 0 Å². The van der Waals surface area contributed by atoms with Gasteiger partial charge in [-0.15, -0.1) is 0 Å². The normalized spacial score (nSPS) is 14.9. The van der Waals surface area contributed by atoms with Crippen molar-refractivity contribution in [3.63, 3.8) is 0 Å². The monoisotopic (exact) mass is 394 g/mol. The molecule has 0 saturated heterocycles. The van der Waals surface area contributed by atoms with E-state index in [0.717, 1.165) is 25.7 Å². The van der Waals surface area contributed by atoms with Gasteiger partial charge in [0.2, 0.25) is 10.0 Å². The van der Waals surface area contributed by atoms with E-state index in [0.29, 0.717) is 24.7 Å². The molecule has 0 amide bonds. The van der Waals surface area contributed by atoms with Crippen LogP contribution in [0, 0.1) is 5.92 Å². The molecule has 7 heteroatoms. The summed E-state index contributed by atoms with van der Waals surface area (Å²) >= 11 is 0. The molecule has 0 saturated carbocycles. The molecule has 0 spiro atoms. The fourth-order valence-corrected chi connectivity index (χ4v) is 4.33. The number of aromatic carboxylic acids is 1. The second-order valence-electron chi connectivity index (χ2n) is 7.38. The van der Waals surface area contributed by atoms with Crippen LogP contribution >= 0.6 is 0 Å². The third-order valence-electron chi connectivity index (χ3n) is 4.68. The van der Waals surface area contributed by atoms with Gasteiger partial charge in [-0.3, -0.25) is 0 Å². The largest absolute Gasteiger partial charge is 0.478 e. The molecule has 0 radical (unpaired) electrons. The molecule has 0 aliphatic heterocycles. The maximum atomic E-state index is 12.7. The Bertz CT molecular complexity index is 785. The Kier molecular flexibility index (Phi) is 7.86. The number of benzene rings is 1. The number of sulfonamides is 1. The zero-order chi connectivity index (χ0) is 19.9. The van der Waals surface area contributed by atoms with Gasteiger partial charge >= 0.3 is 5.97 Å². The fraction of sp³-hybridized carbons (Fsp3) is 0.550. The summed E-state index contributed by atoms with van der Waals surface area (Å²) in [5.41, 5.74) is 1.80. The van der Waals surface area contributed by atoms with Gasteiger partial charge in [0.1, 0.15) is 4.90 Å². The number of carboxylic acids is 1. The highest BCUT2D eigenvalue weighted by Gasteiger charge is 2.20. The van der Waals surface area contributed by atoms with Crippen LogP contribution in [0.5, 0.6) is 0 Å². The molecule has 0 aromatic heterocycles. The number of hydrogen-bond donors (Lipinski definition) is 3. The summed E-state index contributed by atoms with van der Waals surface area (Å²) in [5, 5.41) is 12.4. The molecule has 3 N–H and O–H groups in total. The molecule has 0 heterocycles. The number of carbonyl (C=O) groups is 1. The Labute approximate surface area is 162 Å². The van der Waals surface area contributed by atoms with Crippen molar-refractivity contribution in [3.05, 3.63) is 35.4 Å². The lowest BCUT2D eigenvalue weighted by Crippen LogP contribution is -2.27. The van der Waals surface area contributed by atoms with Gasteiger partial charge in [0.15, 0.2) is 0 Å². The van der Waals surface area contributed by atoms with Gasteiger partial charge in [0.25, 0.3) is 0 Å². The van der Waals surface area contributed by atoms with Crippen molar-refractivity contribution in [2.45, 2.75) is 57.3 Å². The van der Waals surface area contributed by atoms with E-state index in [1.165, 1.54) is 36.6 Å². The molecule has 1 aliphatic carbocycles. The van der Waals surface area contributed by atoms with Crippen LogP contribution in [0.15, 0.2) is 34.7 Å². The van der Waals surface area contributed by atoms with E-state index >= 15 is 0 Å². The van der Waals surface area contributed by atoms with Crippen LogP contribution in [0.25, 0.3) is 0 Å². The van der Waals surface area contributed by atoms with Gasteiger partial charge in [-0.25, -0.2) is 17.9 Å². The molecule has 150 valence electrons. The number of nitrogens with one attached hydrogen (secondary N) is 2. The summed E-state index contributed by atoms with van der Waals surface area (Å²) in [7, 11) is -3.79. The maximum absolute atomic E-state index is 12.7. The second-order valence-corrected chi connectivity index (χ2v) is 9.12. The minimum Gasteiger partial charge on any atom is -0.478 e. The lowest BCUT2D eigenvalue weighted by atomic mass is 9.97. The summed E-state index contributed by atoms with van der Waals surface area (Å²) in [6.07, 6.45) is 8.50. The van der Waals surface area contributed by atoms with Gasteiger partial charge in [-0.05, 0) is 62.6 Å². The molecule has 0 bridgehead atoms. The molecule has 0 unspecified atom stereocenters. The fourth-order valence-electron chi connectivity index (χ4n) is 3.07. The number of hydrogen-bond acceptors (Lipinski definition) is 4. The Morgan fingerprint density at radius 3 is 2.63 bits per heavy atom. The van der Waals surface area contributed by atoms with E-state index in [1.54, 1.807) is 0 Å². The molecule has 27 heavy (non-hydrogen) atoms. The molecule has 2 rings (SSSR count). The highest BCUT2D eigenvalue weighted by atomic mass is 32.2. The molecule has 6 nitrogen and oxygen atoms in total. The Morgan fingerprint density at radius 2 is 2.00 bits per heavy atom. The quantitative estimate of drug-likeness (QED) is 0.521. The van der Waals surface area contributed by atoms with Crippen LogP contribution in [0.3, 0.4) is 0 Å². The maximum Gasteiger partial charge on any atom is 0.335 e. The molecule has 1 aromatic rings. The van der Waals surface area contributed by atoms with E-state index < -0.39 is 16.0 Å². The lowest BCUT2D eigenvalue weighted by molar-refractivity contribution is 0.0696. The van der Waals surface area contributed by atoms with Crippen LogP contribution in [-0.2, 0) is 10.0 Å². The van der Waals surface area contributed by atoms with Crippen molar-refractivity contribution in [1.29, 1.82) is 0 Å². The van der Waals surface area contributed by atoms with Crippen LogP contribution in [0.1, 0.15) is 62.7 Å². The first-order valence-electron chi connectivity index (χ1n) is 9.58. The van der Waals surface area contributed by atoms with Crippen molar-refractivity contribution < 1.29 is 18.3 Å². The first kappa shape index (κ1) is 21.4. The summed E-state index contributed by atoms with van der Waals surface area (Å²) < 4.78 is 28.0. The highest BCUT2D eigenvalue weighted by Crippen LogP contribution is 2.25. The third-order valence-corrected chi connectivity index (χ3v) is 6.18. The van der Waals surface area contributed by atoms with Gasteiger partial charge in [0, 0.05) is 13.1 Å². The van der Waals surface area contributed by atoms with Gasteiger partial charge in [-0.2, -0.15) is 0 Å². The van der Waals surface area contributed by atoms with Crippen molar-refractivity contribution >= 4 is 21.7 Å². The summed E-state index contributed by atoms with van der Waals surface area (Å²) in [6, 6.07) is 4.19. The van der Waals surface area contributed by atoms with Crippen molar-refractivity contribution in [2.75, 3.05) is 18.4 Å². The summed E-state index contributed by atoms with van der Waals surface area (Å²) in [4.78, 5) is 11.3. The zero-order valence-corrected chi connectivity index (χ0v) is 16.9. The van der Waals surface area contributed by atoms with E-state index in [2.05, 4.69) is 16.1 Å². The standard InChI is InChI=1S/C20H30N2O4S/c1-15(2)10-13-22-27(25,26)19-14-17(20(23)24)8-9-18(19)21-12-11-16-6-4-3-5-7-16/h6,8-9,14-15,21-22H,3-5,7,10-13H2,1-2H3,(H,23,24). The third kappa shape index (κ3) is 6.66. The van der Waals surface area contributed by atoms with Gasteiger partial charge < -0.3 is 10.4 Å². The molecule has 1 aliphatic rings. The van der Waals surface area contributed by atoms with Crippen LogP contribution in [0.2, 0.25) is 0 Å². The smallest absolute Gasteiger partial charge is 0.335 e. The van der Waals surface area contributed by atoms with Crippen LogP contribution in [-0.4, -0.2) is 32.6 Å². The summed E-state index contributed by atoms with van der Waals surface area (Å²) in [6.45, 7) is 4.98. The van der Waals surface area contributed by atoms with Crippen molar-refractivity contribution in [3.8, 4) is 0 Å². The Balaban J connectivity index is 2.15. The minimum absolute atomic E-state index is 0.0104. The Hall–Kier alpha value is -1.86. The number of carboxylic acid groups (broad SMARTS) is 1. The van der Waals surface area contributed by atoms with Crippen molar-refractivity contribution in [2.24, 2.45) is 5.92 Å². The average molecular weight is 395 g/mol. The molecule has 0 fully saturated rings. The lowest BCUT2D eigenvalue weighted by Gasteiger charge is -2.16. The summed E-state index contributed by atoms with van der Waals surface area (Å²) in [5.74, 6) is -0.771. The highest BCUT2D eigenvalue weighted by molar-refractivity contribution is 7.89. The predicted octanol–water partition coefficient (Wildman–Crippen LogP) is 4.01. The zero-order valence-electron chi connectivity index (χ0n) is 16.1. The van der Waals surface area contributed by atoms with Crippen molar-refractivity contribution in [1.82, 2.24) is 4.72 Å². The number of anilines is 1. The SMILES string of the molecule is CC(C)CCNS(=O)(=O)c1cc(C(=O)O)ccc1NCCC1=CCCCC1. The van der Waals surface area contributed by atoms with Gasteiger partial charge in [-0.1, -0.05) is 25.5 Å². The Morgan fingerprint density at radius 1 is 1.22 bits per heavy atom. The number of rotatable bonds is 10. The predicted molar refractivity (Wildman–Crippen MR) is 108 cm³/mol. The first-order valence-corrected chi connectivity index (χ1v) is 11.1. The van der Waals surface area contributed by atoms with E-state index in [-0.39, 0.29) is 10.5 Å². The average Bonchev–Trinajstić information content (AvgIpc) is 2.62. The topological polar surface area (TPSA) is 95.5 Å². The second kappa shape index (κ2) is 9.90. The number of allylic oxidation sites excluding steroid dienone is 1. The molecule has 0 atom stereocenters. The van der Waals surface area contributed by atoms with Crippen LogP contribution in [0.4, 0.5) is 5.69 Å². The molecule has 1 aromatic carbocycles. The minimum atomic E-state index is -3.79. The first-order chi connectivity index (χ1) is 12.8. The van der Waals surface area contributed by atoms with E-state index in [1.807, 2.05) is 13.8 Å². The molecular weight excluding hydrogens is 364 g/mol. The van der Waals surface area contributed by atoms with E-state index in [9.17, 15) is 18.3 Å².